The fourth-order valence-electron chi connectivity index (χ4n) is 0.793. The maximum atomic E-state index is 11.4. The number of phosphoric acid groups is 1. The summed E-state index contributed by atoms with van der Waals surface area (Å²) in [5.74, 6) is 0. The molecule has 0 radical (unpaired) electrons. The van der Waals surface area contributed by atoms with Crippen LogP contribution in [0.25, 0.3) is 0 Å². The minimum absolute atomic E-state index is 0.135. The molecular formula is C8H20NO6P. The maximum absolute atomic E-state index is 11.4. The first-order valence-electron chi connectivity index (χ1n) is 4.90. The molecule has 0 spiro atoms. The van der Waals surface area contributed by atoms with Crippen LogP contribution < -0.4 is 5.73 Å². The molecule has 0 aliphatic carbocycles. The van der Waals surface area contributed by atoms with Crippen LogP contribution in [0.15, 0.2) is 0 Å². The Labute approximate surface area is 95.8 Å². The molecule has 0 aliphatic rings. The quantitative estimate of drug-likeness (QED) is 0.423. The number of hydrogen-bond acceptors (Lipinski definition) is 7. The van der Waals surface area contributed by atoms with E-state index in [9.17, 15) is 4.57 Å². The molecule has 0 aromatic rings. The summed E-state index contributed by atoms with van der Waals surface area (Å²) < 4.78 is 35.6. The van der Waals surface area contributed by atoms with Gasteiger partial charge in [-0.05, 0) is 0 Å². The zero-order valence-electron chi connectivity index (χ0n) is 9.72. The van der Waals surface area contributed by atoms with E-state index in [1.165, 1.54) is 14.2 Å². The largest absolute Gasteiger partial charge is 0.474 e. The Hall–Kier alpha value is -0.0100. The Bertz CT molecular complexity index is 195. The van der Waals surface area contributed by atoms with Gasteiger partial charge in [-0.1, -0.05) is 0 Å². The summed E-state index contributed by atoms with van der Waals surface area (Å²) in [5.41, 5.74) is 5.22. The first-order chi connectivity index (χ1) is 7.68. The standard InChI is InChI=1S/C8H20NO6P/c1-11-16(10,12-2)15-8-7-14-6-5-13-4-3-9/h3-9H2,1-2H3. The van der Waals surface area contributed by atoms with Crippen molar-refractivity contribution in [3.8, 4) is 0 Å². The van der Waals surface area contributed by atoms with Gasteiger partial charge in [0.2, 0.25) is 0 Å². The predicted molar refractivity (Wildman–Crippen MR) is 58.3 cm³/mol. The molecule has 0 amide bonds. The second-order valence-electron chi connectivity index (χ2n) is 2.66. The van der Waals surface area contributed by atoms with Crippen LogP contribution in [0, 0.1) is 0 Å². The molecule has 0 fully saturated rings. The average Bonchev–Trinajstić information content (AvgIpc) is 2.32. The summed E-state index contributed by atoms with van der Waals surface area (Å²) in [6.07, 6.45) is 0. The van der Waals surface area contributed by atoms with E-state index >= 15 is 0 Å². The van der Waals surface area contributed by atoms with Gasteiger partial charge < -0.3 is 15.2 Å². The second-order valence-corrected chi connectivity index (χ2v) is 4.54. The van der Waals surface area contributed by atoms with Crippen molar-refractivity contribution in [2.24, 2.45) is 5.73 Å². The second kappa shape index (κ2) is 10.2. The molecule has 0 aromatic carbocycles. The number of ether oxygens (including phenoxy) is 2. The number of hydrogen-bond donors (Lipinski definition) is 1. The third-order valence-corrected chi connectivity index (χ3v) is 2.95. The Morgan fingerprint density at radius 1 is 0.938 bits per heavy atom. The lowest BCUT2D eigenvalue weighted by Gasteiger charge is -2.13. The summed E-state index contributed by atoms with van der Waals surface area (Å²) >= 11 is 0. The highest BCUT2D eigenvalue weighted by Gasteiger charge is 2.21. The van der Waals surface area contributed by atoms with E-state index in [0.29, 0.717) is 33.0 Å². The average molecular weight is 257 g/mol. The normalized spacial score (nSPS) is 11.9. The molecule has 0 bridgehead atoms. The van der Waals surface area contributed by atoms with Gasteiger partial charge in [-0.25, -0.2) is 4.57 Å². The number of nitrogens with two attached hydrogens (primary N) is 1. The molecule has 2 N–H and O–H groups in total. The van der Waals surface area contributed by atoms with Gasteiger partial charge in [-0.2, -0.15) is 0 Å². The third kappa shape index (κ3) is 8.18. The minimum atomic E-state index is -3.38. The van der Waals surface area contributed by atoms with Crippen LogP contribution in [-0.2, 0) is 27.6 Å². The summed E-state index contributed by atoms with van der Waals surface area (Å²) in [6, 6.07) is 0. The van der Waals surface area contributed by atoms with Crippen molar-refractivity contribution in [1.29, 1.82) is 0 Å². The van der Waals surface area contributed by atoms with Crippen LogP contribution in [0.5, 0.6) is 0 Å². The van der Waals surface area contributed by atoms with Crippen molar-refractivity contribution in [3.05, 3.63) is 0 Å². The van der Waals surface area contributed by atoms with Crippen molar-refractivity contribution in [3.63, 3.8) is 0 Å². The molecule has 0 heterocycles. The first-order valence-corrected chi connectivity index (χ1v) is 6.36. The summed E-state index contributed by atoms with van der Waals surface area (Å²) in [4.78, 5) is 0. The van der Waals surface area contributed by atoms with Crippen LogP contribution >= 0.6 is 7.82 Å². The van der Waals surface area contributed by atoms with Gasteiger partial charge in [0.25, 0.3) is 0 Å². The van der Waals surface area contributed by atoms with Crippen LogP contribution in [0.1, 0.15) is 0 Å². The smallest absolute Gasteiger partial charge is 0.378 e. The fourth-order valence-corrected chi connectivity index (χ4v) is 1.45. The highest BCUT2D eigenvalue weighted by atomic mass is 31.2. The predicted octanol–water partition coefficient (Wildman–Crippen LogP) is 0.396. The van der Waals surface area contributed by atoms with E-state index in [1.807, 2.05) is 0 Å². The molecule has 0 rings (SSSR count). The molecule has 0 atom stereocenters. The Morgan fingerprint density at radius 2 is 1.44 bits per heavy atom. The van der Waals surface area contributed by atoms with E-state index in [0.717, 1.165) is 0 Å². The van der Waals surface area contributed by atoms with Crippen LogP contribution in [0.4, 0.5) is 0 Å². The van der Waals surface area contributed by atoms with Gasteiger partial charge in [0.05, 0.1) is 33.0 Å². The van der Waals surface area contributed by atoms with E-state index in [4.69, 9.17) is 19.7 Å². The van der Waals surface area contributed by atoms with Crippen molar-refractivity contribution >= 4 is 7.82 Å². The molecule has 0 unspecified atom stereocenters. The Morgan fingerprint density at radius 3 is 1.94 bits per heavy atom. The van der Waals surface area contributed by atoms with Crippen molar-refractivity contribution in [2.75, 3.05) is 53.8 Å². The van der Waals surface area contributed by atoms with E-state index in [1.54, 1.807) is 0 Å². The molecule has 16 heavy (non-hydrogen) atoms. The molecule has 98 valence electrons. The van der Waals surface area contributed by atoms with Gasteiger partial charge in [-0.3, -0.25) is 13.6 Å². The highest BCUT2D eigenvalue weighted by molar-refractivity contribution is 7.48. The van der Waals surface area contributed by atoms with Gasteiger partial charge in [0, 0.05) is 20.8 Å². The Balaban J connectivity index is 3.29. The zero-order valence-corrected chi connectivity index (χ0v) is 10.6. The van der Waals surface area contributed by atoms with Crippen LogP contribution in [0.2, 0.25) is 0 Å². The Kier molecular flexibility index (Phi) is 10.2. The van der Waals surface area contributed by atoms with Gasteiger partial charge in [0.1, 0.15) is 0 Å². The highest BCUT2D eigenvalue weighted by Crippen LogP contribution is 2.47. The first kappa shape index (κ1) is 16.0. The van der Waals surface area contributed by atoms with E-state index in [2.05, 4.69) is 9.05 Å². The van der Waals surface area contributed by atoms with Gasteiger partial charge in [0.15, 0.2) is 0 Å². The van der Waals surface area contributed by atoms with Crippen LogP contribution in [0.3, 0.4) is 0 Å². The van der Waals surface area contributed by atoms with Crippen molar-refractivity contribution in [1.82, 2.24) is 0 Å². The summed E-state index contributed by atoms with van der Waals surface area (Å²) in [7, 11) is -0.864. The molecule has 0 saturated heterocycles. The lowest BCUT2D eigenvalue weighted by Crippen LogP contribution is -2.13. The van der Waals surface area contributed by atoms with Gasteiger partial charge in [-0.15, -0.1) is 0 Å². The monoisotopic (exact) mass is 257 g/mol. The van der Waals surface area contributed by atoms with Crippen LogP contribution in [-0.4, -0.2) is 53.8 Å². The molecule has 7 nitrogen and oxygen atoms in total. The molecule has 0 aliphatic heterocycles. The van der Waals surface area contributed by atoms with E-state index in [-0.39, 0.29) is 6.61 Å². The lowest BCUT2D eigenvalue weighted by molar-refractivity contribution is 0.0320. The number of rotatable bonds is 11. The number of phosphoric ester groups is 1. The molecule has 0 aromatic heterocycles. The van der Waals surface area contributed by atoms with Crippen molar-refractivity contribution < 1.29 is 27.6 Å². The van der Waals surface area contributed by atoms with Gasteiger partial charge >= 0.3 is 7.82 Å². The summed E-state index contributed by atoms with van der Waals surface area (Å²) in [6.45, 7) is 2.35. The SMILES string of the molecule is COP(=O)(OC)OCCOCCOCCN. The lowest BCUT2D eigenvalue weighted by atomic mass is 10.7. The van der Waals surface area contributed by atoms with Crippen molar-refractivity contribution in [2.45, 2.75) is 0 Å². The molecule has 8 heteroatoms. The maximum Gasteiger partial charge on any atom is 0.474 e. The topological polar surface area (TPSA) is 89.2 Å². The zero-order chi connectivity index (χ0) is 12.3. The van der Waals surface area contributed by atoms with E-state index < -0.39 is 7.82 Å². The minimum Gasteiger partial charge on any atom is -0.378 e. The summed E-state index contributed by atoms with van der Waals surface area (Å²) in [5, 5.41) is 0. The third-order valence-electron chi connectivity index (χ3n) is 1.56. The fraction of sp³-hybridized carbons (Fsp3) is 1.00. The molecule has 0 saturated carbocycles. The molecular weight excluding hydrogens is 237 g/mol.